The van der Waals surface area contributed by atoms with Crippen molar-refractivity contribution in [1.29, 1.82) is 0 Å². The Hall–Kier alpha value is -1.40. The fraction of sp³-hybridized carbons (Fsp3) is 0.733. The fourth-order valence-corrected chi connectivity index (χ4v) is 2.53. The van der Waals surface area contributed by atoms with E-state index in [1.165, 1.54) is 0 Å². The van der Waals surface area contributed by atoms with E-state index in [1.54, 1.807) is 19.1 Å². The molecule has 0 spiro atoms. The highest BCUT2D eigenvalue weighted by Gasteiger charge is 2.36. The third-order valence-corrected chi connectivity index (χ3v) is 3.72. The first-order chi connectivity index (χ1) is 10.1. The van der Waals surface area contributed by atoms with Gasteiger partial charge in [-0.25, -0.2) is 0 Å². The maximum atomic E-state index is 12.6. The van der Waals surface area contributed by atoms with E-state index in [9.17, 15) is 14.7 Å². The van der Waals surface area contributed by atoms with Crippen molar-refractivity contribution in [3.05, 3.63) is 12.2 Å². The molecule has 1 aliphatic rings. The molecule has 6 nitrogen and oxygen atoms in total. The molecule has 1 rings (SSSR count). The number of rotatable bonds is 9. The Morgan fingerprint density at radius 3 is 2.29 bits per heavy atom. The third-order valence-electron chi connectivity index (χ3n) is 3.72. The summed E-state index contributed by atoms with van der Waals surface area (Å²) in [6, 6.07) is 0. The average Bonchev–Trinajstić information content (AvgIpc) is 2.50. The van der Waals surface area contributed by atoms with Crippen LogP contribution in [0.1, 0.15) is 19.3 Å². The van der Waals surface area contributed by atoms with Gasteiger partial charge in [-0.05, 0) is 19.3 Å². The number of ether oxygens (including phenoxy) is 2. The second-order valence-electron chi connectivity index (χ2n) is 5.16. The van der Waals surface area contributed by atoms with E-state index in [-0.39, 0.29) is 5.91 Å². The number of amides is 1. The van der Waals surface area contributed by atoms with E-state index in [2.05, 4.69) is 0 Å². The highest BCUT2D eigenvalue weighted by atomic mass is 16.5. The monoisotopic (exact) mass is 299 g/mol. The number of carboxylic acids is 1. The summed E-state index contributed by atoms with van der Waals surface area (Å²) in [6.07, 6.45) is 5.37. The number of carbonyl (C=O) groups is 2. The van der Waals surface area contributed by atoms with Gasteiger partial charge in [-0.3, -0.25) is 9.59 Å². The lowest BCUT2D eigenvalue weighted by Gasteiger charge is -2.31. The molecule has 0 aromatic heterocycles. The van der Waals surface area contributed by atoms with E-state index in [0.717, 1.165) is 6.42 Å². The number of allylic oxidation sites excluding steroid dienone is 2. The molecule has 0 aliphatic heterocycles. The molecule has 1 aliphatic carbocycles. The number of carboxylic acid groups (broad SMARTS) is 1. The Kier molecular flexibility index (Phi) is 8.00. The van der Waals surface area contributed by atoms with Crippen LogP contribution in [0.4, 0.5) is 0 Å². The first kappa shape index (κ1) is 17.7. The van der Waals surface area contributed by atoms with Crippen molar-refractivity contribution in [2.75, 3.05) is 40.5 Å². The molecule has 0 bridgehead atoms. The van der Waals surface area contributed by atoms with Gasteiger partial charge in [-0.2, -0.15) is 0 Å². The summed E-state index contributed by atoms with van der Waals surface area (Å²) in [5, 5.41) is 9.28. The number of nitrogens with zero attached hydrogens (tertiary/aromatic N) is 1. The number of aliphatic carboxylic acids is 1. The maximum Gasteiger partial charge on any atom is 0.307 e. The van der Waals surface area contributed by atoms with Crippen LogP contribution in [0.2, 0.25) is 0 Å². The molecule has 0 aromatic carbocycles. The molecule has 0 saturated carbocycles. The molecular formula is C15H25NO5. The normalized spacial score (nSPS) is 21.2. The lowest BCUT2D eigenvalue weighted by Crippen LogP contribution is -2.43. The SMILES string of the molecule is COCCCN(CCOC)C(=O)C1CC=CCC1C(=O)O. The zero-order valence-electron chi connectivity index (χ0n) is 12.8. The summed E-state index contributed by atoms with van der Waals surface area (Å²) in [5.41, 5.74) is 0. The number of carbonyl (C=O) groups excluding carboxylic acids is 1. The summed E-state index contributed by atoms with van der Waals surface area (Å²) < 4.78 is 10.0. The van der Waals surface area contributed by atoms with Crippen molar-refractivity contribution in [1.82, 2.24) is 4.90 Å². The van der Waals surface area contributed by atoms with Crippen molar-refractivity contribution >= 4 is 11.9 Å². The molecule has 0 heterocycles. The molecule has 0 radical (unpaired) electrons. The Labute approximate surface area is 125 Å². The van der Waals surface area contributed by atoms with Crippen molar-refractivity contribution in [2.24, 2.45) is 11.8 Å². The summed E-state index contributed by atoms with van der Waals surface area (Å²) in [4.78, 5) is 25.7. The van der Waals surface area contributed by atoms with Crippen LogP contribution in [0.3, 0.4) is 0 Å². The number of hydrogen-bond donors (Lipinski definition) is 1. The maximum absolute atomic E-state index is 12.6. The van der Waals surface area contributed by atoms with Crippen LogP contribution >= 0.6 is 0 Å². The second-order valence-corrected chi connectivity index (χ2v) is 5.16. The average molecular weight is 299 g/mol. The molecular weight excluding hydrogens is 274 g/mol. The zero-order valence-corrected chi connectivity index (χ0v) is 12.8. The van der Waals surface area contributed by atoms with Crippen LogP contribution in [-0.2, 0) is 19.1 Å². The van der Waals surface area contributed by atoms with Gasteiger partial charge in [0.2, 0.25) is 5.91 Å². The van der Waals surface area contributed by atoms with Crippen LogP contribution in [0.15, 0.2) is 12.2 Å². The van der Waals surface area contributed by atoms with Crippen molar-refractivity contribution in [3.8, 4) is 0 Å². The Morgan fingerprint density at radius 2 is 1.71 bits per heavy atom. The minimum atomic E-state index is -0.902. The zero-order chi connectivity index (χ0) is 15.7. The summed E-state index contributed by atoms with van der Waals surface area (Å²) >= 11 is 0. The summed E-state index contributed by atoms with van der Waals surface area (Å²) in [5.74, 6) is -2.11. The van der Waals surface area contributed by atoms with E-state index in [1.807, 2.05) is 12.2 Å². The molecule has 2 unspecified atom stereocenters. The Balaban J connectivity index is 2.71. The lowest BCUT2D eigenvalue weighted by atomic mass is 9.82. The van der Waals surface area contributed by atoms with E-state index < -0.39 is 17.8 Å². The molecule has 1 N–H and O–H groups in total. The van der Waals surface area contributed by atoms with Crippen molar-refractivity contribution in [3.63, 3.8) is 0 Å². The smallest absolute Gasteiger partial charge is 0.307 e. The van der Waals surface area contributed by atoms with Gasteiger partial charge in [0.1, 0.15) is 0 Å². The number of methoxy groups -OCH3 is 2. The molecule has 1 amide bonds. The Bertz CT molecular complexity index is 369. The van der Waals surface area contributed by atoms with Gasteiger partial charge in [0.05, 0.1) is 18.4 Å². The highest BCUT2D eigenvalue weighted by Crippen LogP contribution is 2.27. The van der Waals surface area contributed by atoms with Gasteiger partial charge in [0.15, 0.2) is 0 Å². The van der Waals surface area contributed by atoms with E-state index >= 15 is 0 Å². The molecule has 120 valence electrons. The summed E-state index contributed by atoms with van der Waals surface area (Å²) in [6.45, 7) is 2.05. The largest absolute Gasteiger partial charge is 0.481 e. The molecule has 21 heavy (non-hydrogen) atoms. The predicted molar refractivity (Wildman–Crippen MR) is 77.9 cm³/mol. The van der Waals surface area contributed by atoms with E-state index in [0.29, 0.717) is 39.1 Å². The highest BCUT2D eigenvalue weighted by molar-refractivity contribution is 5.85. The minimum Gasteiger partial charge on any atom is -0.481 e. The van der Waals surface area contributed by atoms with Crippen molar-refractivity contribution in [2.45, 2.75) is 19.3 Å². The lowest BCUT2D eigenvalue weighted by molar-refractivity contribution is -0.151. The third kappa shape index (κ3) is 5.47. The first-order valence-corrected chi connectivity index (χ1v) is 7.26. The van der Waals surface area contributed by atoms with Crippen molar-refractivity contribution < 1.29 is 24.2 Å². The molecule has 0 saturated heterocycles. The summed E-state index contributed by atoms with van der Waals surface area (Å²) in [7, 11) is 3.20. The second kappa shape index (κ2) is 9.52. The van der Waals surface area contributed by atoms with Gasteiger partial charge in [0.25, 0.3) is 0 Å². The van der Waals surface area contributed by atoms with Crippen LogP contribution in [0.25, 0.3) is 0 Å². The molecule has 2 atom stereocenters. The first-order valence-electron chi connectivity index (χ1n) is 7.26. The molecule has 6 heteroatoms. The van der Waals surface area contributed by atoms with Crippen LogP contribution in [0, 0.1) is 11.8 Å². The van der Waals surface area contributed by atoms with Crippen LogP contribution < -0.4 is 0 Å². The molecule has 0 fully saturated rings. The predicted octanol–water partition coefficient (Wildman–Crippen LogP) is 1.16. The van der Waals surface area contributed by atoms with Gasteiger partial charge in [-0.15, -0.1) is 0 Å². The van der Waals surface area contributed by atoms with Gasteiger partial charge in [0, 0.05) is 33.9 Å². The van der Waals surface area contributed by atoms with E-state index in [4.69, 9.17) is 9.47 Å². The minimum absolute atomic E-state index is 0.0973. The topological polar surface area (TPSA) is 76.1 Å². The van der Waals surface area contributed by atoms with Gasteiger partial charge >= 0.3 is 5.97 Å². The number of hydrogen-bond acceptors (Lipinski definition) is 4. The van der Waals surface area contributed by atoms with Gasteiger partial charge < -0.3 is 19.5 Å². The van der Waals surface area contributed by atoms with Crippen LogP contribution in [-0.4, -0.2) is 62.4 Å². The fourth-order valence-electron chi connectivity index (χ4n) is 2.53. The van der Waals surface area contributed by atoms with Crippen LogP contribution in [0.5, 0.6) is 0 Å². The Morgan fingerprint density at radius 1 is 1.10 bits per heavy atom. The standard InChI is InChI=1S/C15H25NO5/c1-20-10-5-8-16(9-11-21-2)14(17)12-6-3-4-7-13(12)15(18)19/h3-4,12-13H,5-11H2,1-2H3,(H,18,19). The molecule has 0 aromatic rings. The quantitative estimate of drug-likeness (QED) is 0.511. The van der Waals surface area contributed by atoms with Gasteiger partial charge in [-0.1, -0.05) is 12.2 Å².